The van der Waals surface area contributed by atoms with E-state index in [-0.39, 0.29) is 0 Å². The van der Waals surface area contributed by atoms with Crippen molar-refractivity contribution in [2.75, 3.05) is 11.5 Å². The maximum Gasteiger partial charge on any atom is 0.120 e. The predicted octanol–water partition coefficient (Wildman–Crippen LogP) is 3.99. The van der Waals surface area contributed by atoms with Crippen molar-refractivity contribution in [3.63, 3.8) is 0 Å². The first-order chi connectivity index (χ1) is 8.31. The van der Waals surface area contributed by atoms with Crippen molar-refractivity contribution < 1.29 is 4.79 Å². The monoisotopic (exact) mass is 248 g/mol. The number of thioether (sulfide) groups is 1. The molecule has 2 rings (SSSR count). The summed E-state index contributed by atoms with van der Waals surface area (Å²) in [7, 11) is 0. The summed E-state index contributed by atoms with van der Waals surface area (Å²) in [6, 6.07) is 8.86. The zero-order valence-corrected chi connectivity index (χ0v) is 11.2. The third-order valence-electron chi connectivity index (χ3n) is 3.62. The van der Waals surface area contributed by atoms with Gasteiger partial charge in [0.05, 0.1) is 0 Å². The molecule has 0 aromatic heterocycles. The topological polar surface area (TPSA) is 17.1 Å². The van der Waals surface area contributed by atoms with Crippen molar-refractivity contribution in [2.45, 2.75) is 38.0 Å². The highest BCUT2D eigenvalue weighted by atomic mass is 32.2. The SMILES string of the molecule is CC(CC=O)c1cccc(C2CCSCC2)c1. The van der Waals surface area contributed by atoms with Crippen LogP contribution in [-0.4, -0.2) is 17.8 Å². The van der Waals surface area contributed by atoms with Crippen LogP contribution in [0.25, 0.3) is 0 Å². The van der Waals surface area contributed by atoms with E-state index in [0.717, 1.165) is 12.2 Å². The van der Waals surface area contributed by atoms with Crippen LogP contribution in [0.5, 0.6) is 0 Å². The van der Waals surface area contributed by atoms with Crippen LogP contribution in [0.3, 0.4) is 0 Å². The number of rotatable bonds is 4. The molecular weight excluding hydrogens is 228 g/mol. The summed E-state index contributed by atoms with van der Waals surface area (Å²) in [5, 5.41) is 0. The summed E-state index contributed by atoms with van der Waals surface area (Å²) in [4.78, 5) is 10.6. The molecule has 0 N–H and O–H groups in total. The third-order valence-corrected chi connectivity index (χ3v) is 4.67. The van der Waals surface area contributed by atoms with Crippen molar-refractivity contribution >= 4 is 18.0 Å². The van der Waals surface area contributed by atoms with Crippen LogP contribution in [0, 0.1) is 0 Å². The largest absolute Gasteiger partial charge is 0.303 e. The van der Waals surface area contributed by atoms with E-state index in [1.807, 2.05) is 0 Å². The molecule has 0 bridgehead atoms. The second-order valence-corrected chi connectivity index (χ2v) is 6.08. The van der Waals surface area contributed by atoms with Crippen LogP contribution < -0.4 is 0 Å². The summed E-state index contributed by atoms with van der Waals surface area (Å²) >= 11 is 2.07. The fraction of sp³-hybridized carbons (Fsp3) is 0.533. The van der Waals surface area contributed by atoms with Gasteiger partial charge in [0.2, 0.25) is 0 Å². The van der Waals surface area contributed by atoms with Crippen LogP contribution in [0.2, 0.25) is 0 Å². The minimum Gasteiger partial charge on any atom is -0.303 e. The van der Waals surface area contributed by atoms with Gasteiger partial charge in [-0.3, -0.25) is 0 Å². The molecule has 0 radical (unpaired) electrons. The summed E-state index contributed by atoms with van der Waals surface area (Å²) < 4.78 is 0. The van der Waals surface area contributed by atoms with Crippen molar-refractivity contribution in [3.8, 4) is 0 Å². The first kappa shape index (κ1) is 12.7. The first-order valence-corrected chi connectivity index (χ1v) is 7.58. The zero-order valence-electron chi connectivity index (χ0n) is 10.4. The third kappa shape index (κ3) is 3.35. The second kappa shape index (κ2) is 6.25. The minimum atomic E-state index is 0.352. The Morgan fingerprint density at radius 3 is 2.88 bits per heavy atom. The normalized spacial score (nSPS) is 18.9. The van der Waals surface area contributed by atoms with Gasteiger partial charge in [-0.2, -0.15) is 11.8 Å². The van der Waals surface area contributed by atoms with Crippen LogP contribution in [0.15, 0.2) is 24.3 Å². The van der Waals surface area contributed by atoms with E-state index >= 15 is 0 Å². The molecule has 0 saturated carbocycles. The van der Waals surface area contributed by atoms with Gasteiger partial charge in [-0.1, -0.05) is 31.2 Å². The number of carbonyl (C=O) groups is 1. The molecule has 1 aliphatic heterocycles. The fourth-order valence-corrected chi connectivity index (χ4v) is 3.54. The molecule has 1 saturated heterocycles. The zero-order chi connectivity index (χ0) is 12.1. The minimum absolute atomic E-state index is 0.352. The smallest absolute Gasteiger partial charge is 0.120 e. The number of benzene rings is 1. The van der Waals surface area contributed by atoms with E-state index in [4.69, 9.17) is 0 Å². The van der Waals surface area contributed by atoms with E-state index in [9.17, 15) is 4.79 Å². The average molecular weight is 248 g/mol. The Hall–Kier alpha value is -0.760. The Morgan fingerprint density at radius 2 is 2.18 bits per heavy atom. The lowest BCUT2D eigenvalue weighted by Gasteiger charge is -2.22. The molecule has 1 aromatic rings. The molecule has 1 aromatic carbocycles. The van der Waals surface area contributed by atoms with Crippen LogP contribution in [0.4, 0.5) is 0 Å². The number of hydrogen-bond acceptors (Lipinski definition) is 2. The van der Waals surface area contributed by atoms with Crippen molar-refractivity contribution in [2.24, 2.45) is 0 Å². The quantitative estimate of drug-likeness (QED) is 0.749. The Balaban J connectivity index is 2.12. The Bertz CT molecular complexity index is 369. The van der Waals surface area contributed by atoms with E-state index in [1.165, 1.54) is 35.5 Å². The standard InChI is InChI=1S/C15H20OS/c1-12(5-8-16)14-3-2-4-15(11-14)13-6-9-17-10-7-13/h2-4,8,11-13H,5-7,9-10H2,1H3. The summed E-state index contributed by atoms with van der Waals surface area (Å²) in [6.45, 7) is 2.13. The lowest BCUT2D eigenvalue weighted by molar-refractivity contribution is -0.108. The molecule has 2 heteroatoms. The average Bonchev–Trinajstić information content (AvgIpc) is 2.40. The van der Waals surface area contributed by atoms with Gasteiger partial charge in [-0.05, 0) is 47.3 Å². The molecular formula is C15H20OS. The second-order valence-electron chi connectivity index (χ2n) is 4.86. The molecule has 0 amide bonds. The van der Waals surface area contributed by atoms with Crippen molar-refractivity contribution in [3.05, 3.63) is 35.4 Å². The van der Waals surface area contributed by atoms with Gasteiger partial charge < -0.3 is 4.79 Å². The number of carbonyl (C=O) groups excluding carboxylic acids is 1. The molecule has 1 atom stereocenters. The van der Waals surface area contributed by atoms with Gasteiger partial charge in [0.1, 0.15) is 6.29 Å². The molecule has 0 spiro atoms. The first-order valence-electron chi connectivity index (χ1n) is 6.42. The highest BCUT2D eigenvalue weighted by Gasteiger charge is 2.16. The summed E-state index contributed by atoms with van der Waals surface area (Å²) in [5.74, 6) is 3.67. The highest BCUT2D eigenvalue weighted by molar-refractivity contribution is 7.99. The molecule has 17 heavy (non-hydrogen) atoms. The maximum atomic E-state index is 10.6. The molecule has 1 nitrogen and oxygen atoms in total. The van der Waals surface area contributed by atoms with Crippen LogP contribution >= 0.6 is 11.8 Å². The van der Waals surface area contributed by atoms with Crippen molar-refractivity contribution in [1.82, 2.24) is 0 Å². The van der Waals surface area contributed by atoms with Gasteiger partial charge in [-0.15, -0.1) is 0 Å². The van der Waals surface area contributed by atoms with Gasteiger partial charge in [0, 0.05) is 6.42 Å². The lowest BCUT2D eigenvalue weighted by Crippen LogP contribution is -2.08. The van der Waals surface area contributed by atoms with E-state index < -0.39 is 0 Å². The Morgan fingerprint density at radius 1 is 1.41 bits per heavy atom. The van der Waals surface area contributed by atoms with E-state index in [1.54, 1.807) is 0 Å². The predicted molar refractivity (Wildman–Crippen MR) is 74.8 cm³/mol. The van der Waals surface area contributed by atoms with Crippen molar-refractivity contribution in [1.29, 1.82) is 0 Å². The number of aldehydes is 1. The molecule has 0 aliphatic carbocycles. The lowest BCUT2D eigenvalue weighted by atomic mass is 9.89. The van der Waals surface area contributed by atoms with E-state index in [2.05, 4.69) is 43.0 Å². The molecule has 1 aliphatic rings. The molecule has 1 unspecified atom stereocenters. The summed E-state index contributed by atoms with van der Waals surface area (Å²) in [5.41, 5.74) is 2.79. The molecule has 92 valence electrons. The molecule has 1 fully saturated rings. The van der Waals surface area contributed by atoms with Crippen LogP contribution in [0.1, 0.15) is 49.1 Å². The van der Waals surface area contributed by atoms with Gasteiger partial charge in [-0.25, -0.2) is 0 Å². The van der Waals surface area contributed by atoms with E-state index in [0.29, 0.717) is 12.3 Å². The van der Waals surface area contributed by atoms with Gasteiger partial charge >= 0.3 is 0 Å². The summed E-state index contributed by atoms with van der Waals surface area (Å²) in [6.07, 6.45) is 4.25. The maximum absolute atomic E-state index is 10.6. The Labute approximate surface area is 108 Å². The Kier molecular flexibility index (Phi) is 4.66. The van der Waals surface area contributed by atoms with Gasteiger partial charge in [0.25, 0.3) is 0 Å². The molecule has 1 heterocycles. The fourth-order valence-electron chi connectivity index (χ4n) is 2.43. The highest BCUT2D eigenvalue weighted by Crippen LogP contribution is 2.32. The number of hydrogen-bond donors (Lipinski definition) is 0. The van der Waals surface area contributed by atoms with Crippen LogP contribution in [-0.2, 0) is 4.79 Å². The van der Waals surface area contributed by atoms with Gasteiger partial charge in [0.15, 0.2) is 0 Å².